The van der Waals surface area contributed by atoms with E-state index in [1.54, 1.807) is 0 Å². The van der Waals surface area contributed by atoms with E-state index in [0.717, 1.165) is 0 Å². The average molecular weight is 381 g/mol. The number of hydrogen-bond acceptors (Lipinski definition) is 2. The second-order valence-electron chi connectivity index (χ2n) is 8.54. The largest absolute Gasteiger partial charge is 0.403 e. The molecule has 144 valence electrons. The van der Waals surface area contributed by atoms with E-state index in [2.05, 4.69) is 81.4 Å². The molecule has 0 saturated heterocycles. The molecule has 27 heavy (non-hydrogen) atoms. The van der Waals surface area contributed by atoms with Crippen molar-refractivity contribution in [2.24, 2.45) is 5.92 Å². The van der Waals surface area contributed by atoms with Gasteiger partial charge in [0, 0.05) is 0 Å². The molecule has 1 fully saturated rings. The van der Waals surface area contributed by atoms with Crippen molar-refractivity contribution in [3.05, 3.63) is 72.3 Å². The van der Waals surface area contributed by atoms with Crippen LogP contribution in [0.3, 0.4) is 0 Å². The Balaban J connectivity index is 2.05. The quantitative estimate of drug-likeness (QED) is 0.574. The summed E-state index contributed by atoms with van der Waals surface area (Å²) in [7, 11) is -2.50. The second-order valence-corrected chi connectivity index (χ2v) is 12.8. The van der Waals surface area contributed by atoms with Crippen molar-refractivity contribution in [2.45, 2.75) is 45.1 Å². The van der Waals surface area contributed by atoms with Crippen molar-refractivity contribution >= 4 is 18.7 Å². The molecule has 1 aliphatic rings. The Morgan fingerprint density at radius 1 is 1.00 bits per heavy atom. The van der Waals surface area contributed by atoms with Crippen LogP contribution in [0.2, 0.25) is 5.04 Å². The van der Waals surface area contributed by atoms with Crippen molar-refractivity contribution in [1.82, 2.24) is 0 Å². The van der Waals surface area contributed by atoms with Gasteiger partial charge < -0.3 is 9.53 Å². The van der Waals surface area contributed by atoms with Crippen LogP contribution in [0.5, 0.6) is 0 Å². The Morgan fingerprint density at radius 2 is 1.52 bits per heavy atom. The molecule has 0 heterocycles. The summed E-state index contributed by atoms with van der Waals surface area (Å²) < 4.78 is 7.00. The summed E-state index contributed by atoms with van der Waals surface area (Å²) >= 11 is 0. The number of rotatable bonds is 7. The van der Waals surface area contributed by atoms with Crippen LogP contribution in [-0.4, -0.2) is 26.6 Å². The fourth-order valence-corrected chi connectivity index (χ4v) is 8.73. The van der Waals surface area contributed by atoms with E-state index in [9.17, 15) is 5.11 Å². The van der Waals surface area contributed by atoms with Crippen LogP contribution in [0.1, 0.15) is 40.0 Å². The van der Waals surface area contributed by atoms with Crippen LogP contribution in [0.15, 0.2) is 72.3 Å². The summed E-state index contributed by atoms with van der Waals surface area (Å²) in [5, 5.41) is 12.1. The lowest BCUT2D eigenvalue weighted by molar-refractivity contribution is 0.273. The molecular weight excluding hydrogens is 348 g/mol. The van der Waals surface area contributed by atoms with E-state index in [1.165, 1.54) is 35.2 Å². The smallest absolute Gasteiger partial charge is 0.261 e. The summed E-state index contributed by atoms with van der Waals surface area (Å²) in [6, 6.07) is 21.5. The summed E-state index contributed by atoms with van der Waals surface area (Å²) in [6.07, 6.45) is 5.69. The fourth-order valence-electron chi connectivity index (χ4n) is 4.19. The molecule has 3 rings (SSSR count). The first kappa shape index (κ1) is 20.1. The van der Waals surface area contributed by atoms with Gasteiger partial charge in [0.25, 0.3) is 8.32 Å². The third-order valence-electron chi connectivity index (χ3n) is 5.86. The van der Waals surface area contributed by atoms with Crippen molar-refractivity contribution in [2.75, 3.05) is 13.2 Å². The fraction of sp³-hybridized carbons (Fsp3) is 0.417. The van der Waals surface area contributed by atoms with Crippen LogP contribution in [0.4, 0.5) is 0 Å². The summed E-state index contributed by atoms with van der Waals surface area (Å²) in [4.78, 5) is 0. The summed E-state index contributed by atoms with van der Waals surface area (Å²) in [6.45, 7) is 7.61. The zero-order chi connectivity index (χ0) is 19.3. The normalized spacial score (nSPS) is 16.2. The molecule has 0 bridgehead atoms. The van der Waals surface area contributed by atoms with Gasteiger partial charge in [0.05, 0.1) is 13.2 Å². The Bertz CT molecular complexity index is 703. The van der Waals surface area contributed by atoms with E-state index in [0.29, 0.717) is 12.5 Å². The number of aliphatic hydroxyl groups is 1. The standard InChI is InChI=1S/C24H32O2Si/c1-24(2,3)27(22-13-6-4-7-14-22,23-15-8-5-9-16-23)26-19-21(17-18-25)20-11-10-12-20/h4-9,13-17,20,25H,10-12,18-19H2,1-3H3/b21-17-. The first-order chi connectivity index (χ1) is 13.0. The summed E-state index contributed by atoms with van der Waals surface area (Å²) in [5.74, 6) is 0.579. The van der Waals surface area contributed by atoms with Crippen LogP contribution < -0.4 is 10.4 Å². The molecule has 0 spiro atoms. The monoisotopic (exact) mass is 380 g/mol. The molecule has 1 saturated carbocycles. The summed E-state index contributed by atoms with van der Waals surface area (Å²) in [5.41, 5.74) is 1.27. The van der Waals surface area contributed by atoms with Gasteiger partial charge in [-0.2, -0.15) is 0 Å². The predicted octanol–water partition coefficient (Wildman–Crippen LogP) is 4.28. The number of hydrogen-bond donors (Lipinski definition) is 1. The molecule has 0 unspecified atom stereocenters. The van der Waals surface area contributed by atoms with Gasteiger partial charge in [-0.25, -0.2) is 0 Å². The maximum Gasteiger partial charge on any atom is 0.261 e. The molecule has 0 atom stereocenters. The molecular formula is C24H32O2Si. The van der Waals surface area contributed by atoms with Crippen LogP contribution in [-0.2, 0) is 4.43 Å². The predicted molar refractivity (Wildman–Crippen MR) is 116 cm³/mol. The third kappa shape index (κ3) is 4.10. The average Bonchev–Trinajstić information content (AvgIpc) is 2.61. The molecule has 1 aliphatic carbocycles. The lowest BCUT2D eigenvalue weighted by Crippen LogP contribution is -2.66. The highest BCUT2D eigenvalue weighted by Crippen LogP contribution is 2.39. The SMILES string of the molecule is CC(C)(C)[Si](OC/C(=C/CO)C1CCC1)(c1ccccc1)c1ccccc1. The van der Waals surface area contributed by atoms with Crippen molar-refractivity contribution in [1.29, 1.82) is 0 Å². The Hall–Kier alpha value is -1.68. The molecule has 2 aromatic rings. The van der Waals surface area contributed by atoms with Crippen molar-refractivity contribution in [3.63, 3.8) is 0 Å². The number of aliphatic hydroxyl groups excluding tert-OH is 1. The molecule has 0 aromatic heterocycles. The molecule has 3 heteroatoms. The van der Waals surface area contributed by atoms with E-state index >= 15 is 0 Å². The van der Waals surface area contributed by atoms with Gasteiger partial charge >= 0.3 is 0 Å². The molecule has 0 radical (unpaired) electrons. The van der Waals surface area contributed by atoms with E-state index in [-0.39, 0.29) is 11.6 Å². The van der Waals surface area contributed by atoms with E-state index in [4.69, 9.17) is 4.43 Å². The van der Waals surface area contributed by atoms with Gasteiger partial charge in [-0.1, -0.05) is 93.9 Å². The molecule has 2 nitrogen and oxygen atoms in total. The maximum atomic E-state index is 9.51. The highest BCUT2D eigenvalue weighted by Gasteiger charge is 2.50. The minimum Gasteiger partial charge on any atom is -0.403 e. The molecule has 1 N–H and O–H groups in total. The maximum absolute atomic E-state index is 9.51. The highest BCUT2D eigenvalue weighted by molar-refractivity contribution is 6.99. The second kappa shape index (κ2) is 8.55. The highest BCUT2D eigenvalue weighted by atomic mass is 28.4. The van der Waals surface area contributed by atoms with Crippen molar-refractivity contribution in [3.8, 4) is 0 Å². The number of benzene rings is 2. The van der Waals surface area contributed by atoms with Crippen LogP contribution >= 0.6 is 0 Å². The Kier molecular flexibility index (Phi) is 6.35. The molecule has 0 aliphatic heterocycles. The Labute approximate surface area is 165 Å². The minimum atomic E-state index is -2.50. The lowest BCUT2D eigenvalue weighted by atomic mass is 9.80. The van der Waals surface area contributed by atoms with Crippen LogP contribution in [0, 0.1) is 5.92 Å². The van der Waals surface area contributed by atoms with Gasteiger partial charge in [-0.3, -0.25) is 0 Å². The lowest BCUT2D eigenvalue weighted by Gasteiger charge is -2.44. The van der Waals surface area contributed by atoms with Gasteiger partial charge in [-0.05, 0) is 39.7 Å². The third-order valence-corrected chi connectivity index (χ3v) is 10.8. The first-order valence-corrected chi connectivity index (χ1v) is 11.9. The van der Waals surface area contributed by atoms with E-state index in [1.807, 2.05) is 6.08 Å². The molecule has 2 aromatic carbocycles. The zero-order valence-electron chi connectivity index (χ0n) is 16.8. The van der Waals surface area contributed by atoms with Crippen LogP contribution in [0.25, 0.3) is 0 Å². The first-order valence-electron chi connectivity index (χ1n) is 10.0. The molecule has 0 amide bonds. The Morgan fingerprint density at radius 3 is 1.89 bits per heavy atom. The topological polar surface area (TPSA) is 29.5 Å². The van der Waals surface area contributed by atoms with Gasteiger partial charge in [0.2, 0.25) is 0 Å². The van der Waals surface area contributed by atoms with E-state index < -0.39 is 8.32 Å². The zero-order valence-corrected chi connectivity index (χ0v) is 17.8. The van der Waals surface area contributed by atoms with Gasteiger partial charge in [0.15, 0.2) is 0 Å². The van der Waals surface area contributed by atoms with Crippen molar-refractivity contribution < 1.29 is 9.53 Å². The van der Waals surface area contributed by atoms with Gasteiger partial charge in [0.1, 0.15) is 0 Å². The minimum absolute atomic E-state index is 0.0142. The van der Waals surface area contributed by atoms with Gasteiger partial charge in [-0.15, -0.1) is 0 Å².